The lowest BCUT2D eigenvalue weighted by Gasteiger charge is -2.20. The number of aryl methyl sites for hydroxylation is 1. The lowest BCUT2D eigenvalue weighted by molar-refractivity contribution is 0.0635. The van der Waals surface area contributed by atoms with Crippen LogP contribution in [0.25, 0.3) is 10.6 Å². The van der Waals surface area contributed by atoms with Crippen LogP contribution in [0, 0.1) is 12.7 Å². The minimum absolute atomic E-state index is 0.0938. The summed E-state index contributed by atoms with van der Waals surface area (Å²) in [7, 11) is 3.08. The molecule has 2 aromatic carbocycles. The maximum absolute atomic E-state index is 13.9. The number of rotatable bonds is 6. The first-order valence-electron chi connectivity index (χ1n) is 10.3. The average molecular weight is 488 g/mol. The number of amides is 2. The SMILES string of the molecule is COc1ccc(-c2nc(C)c(C(=O)Nc3cc(F)ccc3NC(=O)OC(C)(C)C)s2)cc1OC. The van der Waals surface area contributed by atoms with Gasteiger partial charge < -0.3 is 19.5 Å². The van der Waals surface area contributed by atoms with Gasteiger partial charge in [-0.25, -0.2) is 14.2 Å². The lowest BCUT2D eigenvalue weighted by Crippen LogP contribution is -2.27. The second-order valence-electron chi connectivity index (χ2n) is 8.27. The van der Waals surface area contributed by atoms with Gasteiger partial charge in [-0.2, -0.15) is 0 Å². The minimum Gasteiger partial charge on any atom is -0.493 e. The Morgan fingerprint density at radius 2 is 1.68 bits per heavy atom. The van der Waals surface area contributed by atoms with Gasteiger partial charge in [0.15, 0.2) is 11.5 Å². The third kappa shape index (κ3) is 6.02. The summed E-state index contributed by atoms with van der Waals surface area (Å²) in [6.45, 7) is 6.88. The molecular formula is C24H26FN3O5S. The summed E-state index contributed by atoms with van der Waals surface area (Å²) in [4.78, 5) is 30.0. The molecule has 0 fully saturated rings. The van der Waals surface area contributed by atoms with Crippen molar-refractivity contribution in [3.05, 3.63) is 52.8 Å². The first-order valence-corrected chi connectivity index (χ1v) is 11.1. The summed E-state index contributed by atoms with van der Waals surface area (Å²) in [5.74, 6) is 0.0572. The van der Waals surface area contributed by atoms with Gasteiger partial charge in [0, 0.05) is 5.56 Å². The average Bonchev–Trinajstić information content (AvgIpc) is 3.15. The van der Waals surface area contributed by atoms with Gasteiger partial charge in [0.1, 0.15) is 21.3 Å². The highest BCUT2D eigenvalue weighted by molar-refractivity contribution is 7.17. The predicted octanol–water partition coefficient (Wildman–Crippen LogP) is 5.87. The van der Waals surface area contributed by atoms with E-state index in [0.717, 1.165) is 11.6 Å². The molecule has 0 atom stereocenters. The molecule has 10 heteroatoms. The van der Waals surface area contributed by atoms with Gasteiger partial charge in [-0.15, -0.1) is 11.3 Å². The Kier molecular flexibility index (Phi) is 7.41. The zero-order valence-electron chi connectivity index (χ0n) is 19.7. The summed E-state index contributed by atoms with van der Waals surface area (Å²) in [5, 5.41) is 5.80. The maximum Gasteiger partial charge on any atom is 0.412 e. The Morgan fingerprint density at radius 1 is 0.971 bits per heavy atom. The van der Waals surface area contributed by atoms with Crippen LogP contribution in [0.4, 0.5) is 20.6 Å². The molecule has 0 saturated carbocycles. The molecule has 0 unspecified atom stereocenters. The molecule has 180 valence electrons. The molecule has 34 heavy (non-hydrogen) atoms. The quantitative estimate of drug-likeness (QED) is 0.451. The lowest BCUT2D eigenvalue weighted by atomic mass is 10.2. The number of hydrogen-bond acceptors (Lipinski definition) is 7. The second kappa shape index (κ2) is 10.1. The first kappa shape index (κ1) is 25.0. The summed E-state index contributed by atoms with van der Waals surface area (Å²) >= 11 is 1.18. The Morgan fingerprint density at radius 3 is 2.32 bits per heavy atom. The fraction of sp³-hybridized carbons (Fsp3) is 0.292. The highest BCUT2D eigenvalue weighted by Crippen LogP contribution is 2.35. The zero-order valence-corrected chi connectivity index (χ0v) is 20.6. The van der Waals surface area contributed by atoms with Gasteiger partial charge >= 0.3 is 6.09 Å². The van der Waals surface area contributed by atoms with Crippen LogP contribution in [0.1, 0.15) is 36.1 Å². The summed E-state index contributed by atoms with van der Waals surface area (Å²) < 4.78 is 29.8. The summed E-state index contributed by atoms with van der Waals surface area (Å²) in [5.41, 5.74) is 0.837. The molecule has 0 spiro atoms. The number of aromatic nitrogens is 1. The van der Waals surface area contributed by atoms with Crippen molar-refractivity contribution in [2.24, 2.45) is 0 Å². The number of anilines is 2. The molecule has 0 bridgehead atoms. The number of ether oxygens (including phenoxy) is 3. The molecule has 1 aromatic heterocycles. The monoisotopic (exact) mass is 487 g/mol. The number of carbonyl (C=O) groups is 2. The highest BCUT2D eigenvalue weighted by atomic mass is 32.1. The Hall–Kier alpha value is -3.66. The minimum atomic E-state index is -0.723. The van der Waals surface area contributed by atoms with E-state index < -0.39 is 23.4 Å². The Bertz CT molecular complexity index is 1220. The number of thiazole rings is 1. The zero-order chi connectivity index (χ0) is 25.0. The number of halogens is 1. The smallest absolute Gasteiger partial charge is 0.412 e. The van der Waals surface area contributed by atoms with Gasteiger partial charge in [-0.1, -0.05) is 0 Å². The third-order valence-corrected chi connectivity index (χ3v) is 5.70. The van der Waals surface area contributed by atoms with E-state index in [1.54, 1.807) is 46.9 Å². The predicted molar refractivity (Wildman–Crippen MR) is 130 cm³/mol. The van der Waals surface area contributed by atoms with Crippen LogP contribution in [-0.2, 0) is 4.74 Å². The van der Waals surface area contributed by atoms with Crippen molar-refractivity contribution >= 4 is 34.7 Å². The van der Waals surface area contributed by atoms with E-state index in [9.17, 15) is 14.0 Å². The molecule has 3 rings (SSSR count). The van der Waals surface area contributed by atoms with Crippen LogP contribution in [0.2, 0.25) is 0 Å². The van der Waals surface area contributed by atoms with E-state index in [1.165, 1.54) is 30.6 Å². The van der Waals surface area contributed by atoms with Gasteiger partial charge in [-0.05, 0) is 64.1 Å². The van der Waals surface area contributed by atoms with E-state index >= 15 is 0 Å². The number of hydrogen-bond donors (Lipinski definition) is 2. The molecule has 8 nitrogen and oxygen atoms in total. The maximum atomic E-state index is 13.9. The van der Waals surface area contributed by atoms with Crippen molar-refractivity contribution in [2.75, 3.05) is 24.9 Å². The van der Waals surface area contributed by atoms with Crippen LogP contribution in [0.3, 0.4) is 0 Å². The largest absolute Gasteiger partial charge is 0.493 e. The van der Waals surface area contributed by atoms with Crippen LogP contribution in [0.15, 0.2) is 36.4 Å². The van der Waals surface area contributed by atoms with E-state index in [2.05, 4.69) is 15.6 Å². The fourth-order valence-electron chi connectivity index (χ4n) is 3.02. The standard InChI is InChI=1S/C24H26FN3O5S/c1-13-20(34-22(26-13)14-7-10-18(31-5)19(11-14)32-6)21(29)27-17-12-15(25)8-9-16(17)28-23(30)33-24(2,3)4/h7-12H,1-6H3,(H,27,29)(H,28,30). The summed E-state index contributed by atoms with van der Waals surface area (Å²) in [6, 6.07) is 8.99. The Labute approximate surface area is 201 Å². The van der Waals surface area contributed by atoms with Crippen LogP contribution >= 0.6 is 11.3 Å². The number of carbonyl (C=O) groups excluding carboxylic acids is 2. The van der Waals surface area contributed by atoms with E-state index in [4.69, 9.17) is 14.2 Å². The van der Waals surface area contributed by atoms with Gasteiger partial charge in [-0.3, -0.25) is 10.1 Å². The van der Waals surface area contributed by atoms with Gasteiger partial charge in [0.25, 0.3) is 5.91 Å². The van der Waals surface area contributed by atoms with Crippen molar-refractivity contribution in [3.8, 4) is 22.1 Å². The van der Waals surface area contributed by atoms with E-state index in [1.807, 2.05) is 6.07 Å². The fourth-order valence-corrected chi connectivity index (χ4v) is 3.98. The van der Waals surface area contributed by atoms with Crippen LogP contribution in [-0.4, -0.2) is 36.8 Å². The van der Waals surface area contributed by atoms with E-state index in [-0.39, 0.29) is 11.4 Å². The molecule has 2 amide bonds. The van der Waals surface area contributed by atoms with Crippen molar-refractivity contribution < 1.29 is 28.2 Å². The van der Waals surface area contributed by atoms with Crippen molar-refractivity contribution in [1.29, 1.82) is 0 Å². The molecule has 2 N–H and O–H groups in total. The molecule has 0 aliphatic rings. The number of benzene rings is 2. The van der Waals surface area contributed by atoms with Crippen molar-refractivity contribution in [1.82, 2.24) is 4.98 Å². The second-order valence-corrected chi connectivity index (χ2v) is 9.27. The molecule has 0 aliphatic carbocycles. The summed E-state index contributed by atoms with van der Waals surface area (Å²) in [6.07, 6.45) is -0.723. The van der Waals surface area contributed by atoms with Crippen LogP contribution in [0.5, 0.6) is 11.5 Å². The van der Waals surface area contributed by atoms with E-state index in [0.29, 0.717) is 27.1 Å². The molecule has 0 aliphatic heterocycles. The Balaban J connectivity index is 1.85. The third-order valence-electron chi connectivity index (χ3n) is 4.50. The number of nitrogens with one attached hydrogen (secondary N) is 2. The number of methoxy groups -OCH3 is 2. The van der Waals surface area contributed by atoms with Crippen LogP contribution < -0.4 is 20.1 Å². The first-order chi connectivity index (χ1) is 16.0. The normalized spacial score (nSPS) is 11.0. The topological polar surface area (TPSA) is 98.8 Å². The van der Waals surface area contributed by atoms with Crippen molar-refractivity contribution in [2.45, 2.75) is 33.3 Å². The van der Waals surface area contributed by atoms with Gasteiger partial charge in [0.2, 0.25) is 0 Å². The molecule has 1 heterocycles. The van der Waals surface area contributed by atoms with Gasteiger partial charge in [0.05, 0.1) is 31.3 Å². The molecule has 3 aromatic rings. The molecular weight excluding hydrogens is 461 g/mol. The molecule has 0 radical (unpaired) electrons. The highest BCUT2D eigenvalue weighted by Gasteiger charge is 2.21. The number of nitrogens with zero attached hydrogens (tertiary/aromatic N) is 1. The molecule has 0 saturated heterocycles. The van der Waals surface area contributed by atoms with Crippen molar-refractivity contribution in [3.63, 3.8) is 0 Å².